The van der Waals surface area contributed by atoms with Gasteiger partial charge in [-0.05, 0) is 31.2 Å². The second kappa shape index (κ2) is 7.42. The van der Waals surface area contributed by atoms with Gasteiger partial charge in [-0.25, -0.2) is 0 Å². The topological polar surface area (TPSA) is 24.7 Å². The predicted molar refractivity (Wildman–Crippen MR) is 88.4 cm³/mol. The maximum absolute atomic E-state index is 11.1. The van der Waals surface area contributed by atoms with Crippen LogP contribution < -0.4 is 4.90 Å². The van der Waals surface area contributed by atoms with E-state index < -0.39 is 5.60 Å². The van der Waals surface area contributed by atoms with Crippen molar-refractivity contribution in [1.82, 2.24) is 0 Å². The Morgan fingerprint density at radius 2 is 1.81 bits per heavy atom. The van der Waals surface area contributed by atoms with E-state index in [1.54, 1.807) is 0 Å². The molecule has 0 saturated carbocycles. The Morgan fingerprint density at radius 3 is 2.38 bits per heavy atom. The minimum atomic E-state index is -1.21. The molecule has 1 heterocycles. The fourth-order valence-electron chi connectivity index (χ4n) is 2.24. The average Bonchev–Trinajstić information content (AvgIpc) is 3.07. The molecule has 0 spiro atoms. The molecule has 110 valence electrons. The Bertz CT molecular complexity index is 593. The summed E-state index contributed by atoms with van der Waals surface area (Å²) in [4.78, 5) is 2.29. The molecule has 2 N–H and O–H groups in total. The van der Waals surface area contributed by atoms with Gasteiger partial charge in [-0.2, -0.15) is 0 Å². The Labute approximate surface area is 131 Å². The fraction of sp³-hybridized carbons (Fsp3) is 0.333. The third kappa shape index (κ3) is 3.74. The SMILES string of the molecule is CC[NH+](CC)CC#C[C@](O)(c1ccccc1)c1cccs1. The van der Waals surface area contributed by atoms with Crippen molar-refractivity contribution < 1.29 is 10.0 Å². The van der Waals surface area contributed by atoms with E-state index in [9.17, 15) is 5.11 Å². The molecule has 0 fully saturated rings. The second-order valence-corrected chi connectivity index (χ2v) is 5.94. The van der Waals surface area contributed by atoms with Crippen LogP contribution in [0, 0.1) is 11.8 Å². The van der Waals surface area contributed by atoms with Gasteiger partial charge in [-0.3, -0.25) is 0 Å². The van der Waals surface area contributed by atoms with Crippen LogP contribution in [0.2, 0.25) is 0 Å². The lowest BCUT2D eigenvalue weighted by atomic mass is 9.93. The number of quaternary nitrogens is 1. The van der Waals surface area contributed by atoms with Gasteiger partial charge in [0, 0.05) is 5.56 Å². The van der Waals surface area contributed by atoms with E-state index >= 15 is 0 Å². The van der Waals surface area contributed by atoms with Gasteiger partial charge in [0.25, 0.3) is 0 Å². The number of rotatable bonds is 5. The number of hydrogen-bond acceptors (Lipinski definition) is 2. The van der Waals surface area contributed by atoms with Crippen LogP contribution in [0.3, 0.4) is 0 Å². The summed E-state index contributed by atoms with van der Waals surface area (Å²) in [7, 11) is 0. The summed E-state index contributed by atoms with van der Waals surface area (Å²) in [5, 5.41) is 13.1. The van der Waals surface area contributed by atoms with Crippen LogP contribution in [-0.2, 0) is 5.60 Å². The summed E-state index contributed by atoms with van der Waals surface area (Å²) in [6.07, 6.45) is 0. The van der Waals surface area contributed by atoms with Crippen LogP contribution in [0.4, 0.5) is 0 Å². The van der Waals surface area contributed by atoms with Gasteiger partial charge in [0.15, 0.2) is 5.60 Å². The van der Waals surface area contributed by atoms with Gasteiger partial charge >= 0.3 is 0 Å². The highest BCUT2D eigenvalue weighted by Gasteiger charge is 2.30. The van der Waals surface area contributed by atoms with E-state index in [1.165, 1.54) is 16.2 Å². The lowest BCUT2D eigenvalue weighted by Gasteiger charge is -2.21. The van der Waals surface area contributed by atoms with E-state index in [4.69, 9.17) is 0 Å². The van der Waals surface area contributed by atoms with Crippen molar-refractivity contribution in [2.24, 2.45) is 0 Å². The van der Waals surface area contributed by atoms with Gasteiger partial charge in [0.1, 0.15) is 6.54 Å². The lowest BCUT2D eigenvalue weighted by molar-refractivity contribution is -0.889. The molecule has 0 aliphatic carbocycles. The monoisotopic (exact) mass is 300 g/mol. The summed E-state index contributed by atoms with van der Waals surface area (Å²) in [6.45, 7) is 7.17. The summed E-state index contributed by atoms with van der Waals surface area (Å²) in [6, 6.07) is 13.6. The fourth-order valence-corrected chi connectivity index (χ4v) is 3.04. The number of thiophene rings is 1. The zero-order chi connectivity index (χ0) is 15.1. The maximum atomic E-state index is 11.1. The van der Waals surface area contributed by atoms with Crippen molar-refractivity contribution in [2.45, 2.75) is 19.4 Å². The molecule has 0 unspecified atom stereocenters. The quantitative estimate of drug-likeness (QED) is 0.810. The first-order valence-electron chi connectivity index (χ1n) is 7.36. The number of nitrogens with one attached hydrogen (secondary N) is 1. The molecule has 3 heteroatoms. The molecule has 2 rings (SSSR count). The van der Waals surface area contributed by atoms with E-state index in [2.05, 4.69) is 25.7 Å². The molecular weight excluding hydrogens is 278 g/mol. The molecule has 0 saturated heterocycles. The van der Waals surface area contributed by atoms with Crippen LogP contribution in [0.15, 0.2) is 47.8 Å². The zero-order valence-corrected chi connectivity index (χ0v) is 13.4. The molecule has 0 aliphatic rings. The second-order valence-electron chi connectivity index (χ2n) is 4.99. The summed E-state index contributed by atoms with van der Waals surface area (Å²) >= 11 is 1.54. The largest absolute Gasteiger partial charge is 0.369 e. The maximum Gasteiger partial charge on any atom is 0.186 e. The Morgan fingerprint density at radius 1 is 1.10 bits per heavy atom. The third-order valence-corrected chi connectivity index (χ3v) is 4.66. The molecule has 21 heavy (non-hydrogen) atoms. The Balaban J connectivity index is 2.33. The molecule has 0 aliphatic heterocycles. The molecular formula is C18H22NOS+. The molecule has 0 radical (unpaired) electrons. The van der Waals surface area contributed by atoms with Crippen LogP contribution in [0.5, 0.6) is 0 Å². The van der Waals surface area contributed by atoms with Crippen molar-refractivity contribution in [3.8, 4) is 11.8 Å². The molecule has 0 bridgehead atoms. The van der Waals surface area contributed by atoms with Crippen LogP contribution in [0.1, 0.15) is 24.3 Å². The first-order chi connectivity index (χ1) is 10.2. The first kappa shape index (κ1) is 15.8. The van der Waals surface area contributed by atoms with Gasteiger partial charge in [-0.15, -0.1) is 11.3 Å². The van der Waals surface area contributed by atoms with E-state index in [-0.39, 0.29) is 0 Å². The molecule has 1 aromatic heterocycles. The number of aliphatic hydroxyl groups is 1. The third-order valence-electron chi connectivity index (χ3n) is 3.68. The normalized spacial score (nSPS) is 13.5. The van der Waals surface area contributed by atoms with Crippen molar-refractivity contribution in [3.63, 3.8) is 0 Å². The molecule has 2 aromatic rings. The van der Waals surface area contributed by atoms with E-state index in [0.29, 0.717) is 0 Å². The van der Waals surface area contributed by atoms with Crippen molar-refractivity contribution in [1.29, 1.82) is 0 Å². The lowest BCUT2D eigenvalue weighted by Crippen LogP contribution is -3.11. The van der Waals surface area contributed by atoms with Crippen molar-refractivity contribution >= 4 is 11.3 Å². The Kier molecular flexibility index (Phi) is 5.58. The highest BCUT2D eigenvalue weighted by atomic mass is 32.1. The first-order valence-corrected chi connectivity index (χ1v) is 8.24. The van der Waals surface area contributed by atoms with Gasteiger partial charge in [0.05, 0.1) is 18.0 Å². The van der Waals surface area contributed by atoms with E-state index in [0.717, 1.165) is 30.1 Å². The number of benzene rings is 1. The molecule has 0 amide bonds. The zero-order valence-electron chi connectivity index (χ0n) is 12.6. The van der Waals surface area contributed by atoms with Crippen molar-refractivity contribution in [3.05, 3.63) is 58.3 Å². The van der Waals surface area contributed by atoms with Crippen LogP contribution in [-0.4, -0.2) is 24.7 Å². The van der Waals surface area contributed by atoms with Gasteiger partial charge in [0.2, 0.25) is 0 Å². The number of hydrogen-bond donors (Lipinski definition) is 2. The van der Waals surface area contributed by atoms with Gasteiger partial charge in [-0.1, -0.05) is 42.3 Å². The molecule has 2 nitrogen and oxygen atoms in total. The average molecular weight is 300 g/mol. The van der Waals surface area contributed by atoms with E-state index in [1.807, 2.05) is 47.8 Å². The van der Waals surface area contributed by atoms with Crippen LogP contribution in [0.25, 0.3) is 0 Å². The van der Waals surface area contributed by atoms with Crippen molar-refractivity contribution in [2.75, 3.05) is 19.6 Å². The predicted octanol–water partition coefficient (Wildman–Crippen LogP) is 1.91. The summed E-state index contributed by atoms with van der Waals surface area (Å²) < 4.78 is 0. The minimum absolute atomic E-state index is 0.757. The van der Waals surface area contributed by atoms with Crippen LogP contribution >= 0.6 is 11.3 Å². The molecule has 1 aromatic carbocycles. The summed E-state index contributed by atoms with van der Waals surface area (Å²) in [5.41, 5.74) is -0.378. The smallest absolute Gasteiger partial charge is 0.186 e. The highest BCUT2D eigenvalue weighted by molar-refractivity contribution is 7.10. The Hall–Kier alpha value is -1.60. The highest BCUT2D eigenvalue weighted by Crippen LogP contribution is 2.31. The minimum Gasteiger partial charge on any atom is -0.369 e. The van der Waals surface area contributed by atoms with Gasteiger partial charge < -0.3 is 10.0 Å². The summed E-state index contributed by atoms with van der Waals surface area (Å²) in [5.74, 6) is 6.29. The molecule has 1 atom stereocenters. The standard InChI is InChI=1S/C18H21NOS/c1-3-19(4-2)14-9-13-18(20,17-12-8-15-21-17)16-10-6-5-7-11-16/h5-8,10-12,15,20H,3-4,14H2,1-2H3/p+1/t18-/m0/s1.